The molecule has 5 rings (SSSR count). The van der Waals surface area contributed by atoms with Crippen molar-refractivity contribution in [1.82, 2.24) is 24.3 Å². The van der Waals surface area contributed by atoms with Gasteiger partial charge in [-0.25, -0.2) is 4.98 Å². The summed E-state index contributed by atoms with van der Waals surface area (Å²) in [6.07, 6.45) is 3.30. The summed E-state index contributed by atoms with van der Waals surface area (Å²) in [7, 11) is 3.07. The first-order valence-electron chi connectivity index (χ1n) is 12.6. The van der Waals surface area contributed by atoms with Crippen LogP contribution < -0.4 is 10.1 Å². The number of rotatable bonds is 10. The van der Waals surface area contributed by atoms with E-state index in [1.165, 1.54) is 7.11 Å². The molecule has 3 heterocycles. The maximum atomic E-state index is 13.3. The summed E-state index contributed by atoms with van der Waals surface area (Å²) in [6, 6.07) is 20.5. The molecule has 0 atom stereocenters. The Kier molecular flexibility index (Phi) is 7.40. The molecule has 0 saturated carbocycles. The smallest absolute Gasteiger partial charge is 0.261 e. The number of amides is 1. The SMILES string of the molecule is CCn1c(C(O)(c2ccccc2)c2ccccc2)nc2nc(OC)c(C(=O)Nc3cnn(CCOC)c3)cc21. The molecular weight excluding hydrogens is 496 g/mol. The average Bonchev–Trinajstić information content (AvgIpc) is 3.59. The minimum absolute atomic E-state index is 0.127. The molecule has 39 heavy (non-hydrogen) atoms. The number of fused-ring (bicyclic) bond motifs is 1. The maximum Gasteiger partial charge on any atom is 0.261 e. The Morgan fingerprint density at radius 3 is 2.28 bits per heavy atom. The molecule has 0 aliphatic carbocycles. The lowest BCUT2D eigenvalue weighted by Crippen LogP contribution is -2.32. The predicted molar refractivity (Wildman–Crippen MR) is 147 cm³/mol. The Morgan fingerprint density at radius 2 is 1.69 bits per heavy atom. The first kappa shape index (κ1) is 26.1. The second kappa shape index (κ2) is 11.1. The largest absolute Gasteiger partial charge is 0.480 e. The van der Waals surface area contributed by atoms with Gasteiger partial charge in [0, 0.05) is 19.9 Å². The van der Waals surface area contributed by atoms with E-state index in [1.54, 1.807) is 30.3 Å². The first-order valence-corrected chi connectivity index (χ1v) is 12.6. The molecule has 0 spiro atoms. The van der Waals surface area contributed by atoms with Crippen molar-refractivity contribution in [2.45, 2.75) is 25.6 Å². The number of pyridine rings is 1. The molecule has 0 aliphatic heterocycles. The Labute approximate surface area is 225 Å². The molecule has 0 unspecified atom stereocenters. The fourth-order valence-corrected chi connectivity index (χ4v) is 4.66. The zero-order valence-electron chi connectivity index (χ0n) is 22.0. The number of hydrogen-bond acceptors (Lipinski definition) is 7. The second-order valence-corrected chi connectivity index (χ2v) is 8.95. The summed E-state index contributed by atoms with van der Waals surface area (Å²) in [6.45, 7) is 3.51. The fraction of sp³-hybridized carbons (Fsp3) is 0.241. The highest BCUT2D eigenvalue weighted by molar-refractivity contribution is 6.07. The highest BCUT2D eigenvalue weighted by Gasteiger charge is 2.39. The van der Waals surface area contributed by atoms with Gasteiger partial charge >= 0.3 is 0 Å². The monoisotopic (exact) mass is 526 g/mol. The number of aliphatic hydroxyl groups is 1. The number of nitrogens with zero attached hydrogens (tertiary/aromatic N) is 5. The summed E-state index contributed by atoms with van der Waals surface area (Å²) in [5.41, 5.74) is 1.49. The van der Waals surface area contributed by atoms with Crippen molar-refractivity contribution in [2.75, 3.05) is 26.1 Å². The minimum Gasteiger partial charge on any atom is -0.480 e. The zero-order chi connectivity index (χ0) is 27.4. The van der Waals surface area contributed by atoms with Gasteiger partial charge in [0.2, 0.25) is 5.88 Å². The topological polar surface area (TPSA) is 116 Å². The molecule has 0 fully saturated rings. The molecule has 1 amide bonds. The van der Waals surface area contributed by atoms with Crippen LogP contribution in [0.1, 0.15) is 34.2 Å². The van der Waals surface area contributed by atoms with E-state index >= 15 is 0 Å². The van der Waals surface area contributed by atoms with Crippen LogP contribution in [0.15, 0.2) is 79.1 Å². The lowest BCUT2D eigenvalue weighted by molar-refractivity contribution is 0.102. The van der Waals surface area contributed by atoms with Gasteiger partial charge in [-0.1, -0.05) is 60.7 Å². The molecule has 3 aromatic heterocycles. The molecule has 10 heteroatoms. The molecule has 2 aromatic carbocycles. The number of aromatic nitrogens is 5. The van der Waals surface area contributed by atoms with Crippen molar-refractivity contribution in [1.29, 1.82) is 0 Å². The highest BCUT2D eigenvalue weighted by atomic mass is 16.5. The van der Waals surface area contributed by atoms with Crippen molar-refractivity contribution in [3.8, 4) is 5.88 Å². The first-order chi connectivity index (χ1) is 19.0. The Hall–Kier alpha value is -4.54. The van der Waals surface area contributed by atoms with Crippen LogP contribution in [-0.2, 0) is 23.4 Å². The lowest BCUT2D eigenvalue weighted by atomic mass is 9.85. The normalized spacial score (nSPS) is 11.6. The van der Waals surface area contributed by atoms with Gasteiger partial charge in [0.25, 0.3) is 5.91 Å². The lowest BCUT2D eigenvalue weighted by Gasteiger charge is -2.29. The number of methoxy groups -OCH3 is 2. The number of imidazole rings is 1. The maximum absolute atomic E-state index is 13.3. The molecule has 0 saturated heterocycles. The number of benzene rings is 2. The third-order valence-corrected chi connectivity index (χ3v) is 6.58. The molecule has 10 nitrogen and oxygen atoms in total. The van der Waals surface area contributed by atoms with Crippen molar-refractivity contribution in [3.05, 3.63) is 102 Å². The number of hydrogen-bond donors (Lipinski definition) is 2. The van der Waals surface area contributed by atoms with E-state index in [0.717, 1.165) is 0 Å². The fourth-order valence-electron chi connectivity index (χ4n) is 4.66. The van der Waals surface area contributed by atoms with E-state index in [1.807, 2.05) is 72.2 Å². The number of ether oxygens (including phenoxy) is 2. The van der Waals surface area contributed by atoms with Crippen molar-refractivity contribution < 1.29 is 19.4 Å². The van der Waals surface area contributed by atoms with Gasteiger partial charge < -0.3 is 24.5 Å². The number of aryl methyl sites for hydroxylation is 1. The zero-order valence-corrected chi connectivity index (χ0v) is 22.0. The predicted octanol–water partition coefficient (Wildman–Crippen LogP) is 3.84. The van der Waals surface area contributed by atoms with Crippen LogP contribution in [0.25, 0.3) is 11.2 Å². The number of nitrogens with one attached hydrogen (secondary N) is 1. The molecule has 0 bridgehead atoms. The highest BCUT2D eigenvalue weighted by Crippen LogP contribution is 2.38. The van der Waals surface area contributed by atoms with Crippen molar-refractivity contribution >= 4 is 22.8 Å². The minimum atomic E-state index is -1.56. The average molecular weight is 527 g/mol. The van der Waals surface area contributed by atoms with Gasteiger partial charge in [0.05, 0.1) is 37.7 Å². The van der Waals surface area contributed by atoms with E-state index in [4.69, 9.17) is 14.5 Å². The Morgan fingerprint density at radius 1 is 1.03 bits per heavy atom. The summed E-state index contributed by atoms with van der Waals surface area (Å²) >= 11 is 0. The van der Waals surface area contributed by atoms with E-state index in [-0.39, 0.29) is 11.4 Å². The summed E-state index contributed by atoms with van der Waals surface area (Å²) in [5.74, 6) is 0.116. The van der Waals surface area contributed by atoms with E-state index in [0.29, 0.717) is 53.5 Å². The number of carbonyl (C=O) groups is 1. The van der Waals surface area contributed by atoms with E-state index in [2.05, 4.69) is 15.4 Å². The molecular formula is C29H30N6O4. The van der Waals surface area contributed by atoms with E-state index in [9.17, 15) is 9.90 Å². The van der Waals surface area contributed by atoms with Gasteiger partial charge in [-0.2, -0.15) is 10.1 Å². The van der Waals surface area contributed by atoms with Crippen LogP contribution in [-0.4, -0.2) is 56.2 Å². The van der Waals surface area contributed by atoms with Gasteiger partial charge in [0.1, 0.15) is 5.56 Å². The Balaban J connectivity index is 1.61. The molecule has 200 valence electrons. The Bertz CT molecular complexity index is 1540. The third kappa shape index (κ3) is 4.87. The quantitative estimate of drug-likeness (QED) is 0.284. The van der Waals surface area contributed by atoms with E-state index < -0.39 is 11.5 Å². The van der Waals surface area contributed by atoms with Crippen LogP contribution in [0, 0.1) is 0 Å². The van der Waals surface area contributed by atoms with Gasteiger partial charge in [0.15, 0.2) is 17.1 Å². The van der Waals surface area contributed by atoms with Crippen LogP contribution in [0.3, 0.4) is 0 Å². The van der Waals surface area contributed by atoms with Gasteiger partial charge in [-0.15, -0.1) is 0 Å². The van der Waals surface area contributed by atoms with Crippen LogP contribution in [0.5, 0.6) is 5.88 Å². The van der Waals surface area contributed by atoms with Crippen molar-refractivity contribution in [2.24, 2.45) is 0 Å². The second-order valence-electron chi connectivity index (χ2n) is 8.95. The standard InChI is InChI=1S/C29H30N6O4/c1-4-35-24-17-23(26(36)31-22-18-30-34(19-22)15-16-38-2)27(39-3)32-25(24)33-28(35)29(37,20-11-7-5-8-12-20)21-13-9-6-10-14-21/h5-14,17-19,37H,4,15-16H2,1-3H3,(H,31,36). The van der Waals surface area contributed by atoms with Crippen LogP contribution in [0.4, 0.5) is 5.69 Å². The van der Waals surface area contributed by atoms with Gasteiger partial charge in [-0.3, -0.25) is 9.48 Å². The van der Waals surface area contributed by atoms with Crippen molar-refractivity contribution in [3.63, 3.8) is 0 Å². The summed E-state index contributed by atoms with van der Waals surface area (Å²) in [4.78, 5) is 22.7. The van der Waals surface area contributed by atoms with Crippen LogP contribution in [0.2, 0.25) is 0 Å². The summed E-state index contributed by atoms with van der Waals surface area (Å²) < 4.78 is 14.1. The molecule has 5 aromatic rings. The van der Waals surface area contributed by atoms with Crippen LogP contribution >= 0.6 is 0 Å². The molecule has 0 radical (unpaired) electrons. The summed E-state index contributed by atoms with van der Waals surface area (Å²) in [5, 5.41) is 19.5. The molecule has 2 N–H and O–H groups in total. The van der Waals surface area contributed by atoms with Gasteiger partial charge in [-0.05, 0) is 24.1 Å². The molecule has 0 aliphatic rings. The number of carbonyl (C=O) groups excluding carboxylic acids is 1. The third-order valence-electron chi connectivity index (χ3n) is 6.58. The number of anilines is 1.